The number of hydrogen-bond acceptors (Lipinski definition) is 7. The summed E-state index contributed by atoms with van der Waals surface area (Å²) in [6.07, 6.45) is 0.627. The first-order chi connectivity index (χ1) is 15.6. The molecule has 3 rings (SSSR count). The number of aromatic nitrogens is 3. The Labute approximate surface area is 197 Å². The molecule has 178 valence electrons. The average Bonchev–Trinajstić information content (AvgIpc) is 3.00. The third-order valence-corrected chi connectivity index (χ3v) is 6.32. The number of aliphatic hydroxyl groups is 1. The number of nitrogens with zero attached hydrogens (tertiary/aromatic N) is 4. The molecule has 1 aliphatic rings. The summed E-state index contributed by atoms with van der Waals surface area (Å²) in [5.74, 6) is -0.200. The molecule has 11 heteroatoms. The Morgan fingerprint density at radius 3 is 2.64 bits per heavy atom. The van der Waals surface area contributed by atoms with Crippen molar-refractivity contribution < 1.29 is 14.7 Å². The Morgan fingerprint density at radius 1 is 1.27 bits per heavy atom. The SMILES string of the molecule is CC1=C(CC(=O)NCc2c(C)cc(N)nc2CO)C(=O)N(NCc2c(C)nn(C)c2Cl)CC1. The van der Waals surface area contributed by atoms with Crippen molar-refractivity contribution in [2.24, 2.45) is 7.05 Å². The molecule has 5 N–H and O–H groups in total. The maximum atomic E-state index is 13.0. The van der Waals surface area contributed by atoms with Gasteiger partial charge in [0.1, 0.15) is 11.0 Å². The molecule has 0 saturated carbocycles. The van der Waals surface area contributed by atoms with E-state index in [4.69, 9.17) is 17.3 Å². The van der Waals surface area contributed by atoms with Crippen LogP contribution in [-0.4, -0.2) is 43.2 Å². The summed E-state index contributed by atoms with van der Waals surface area (Å²) < 4.78 is 1.59. The Balaban J connectivity index is 1.63. The van der Waals surface area contributed by atoms with Crippen LogP contribution < -0.4 is 16.5 Å². The quantitative estimate of drug-likeness (QED) is 0.452. The summed E-state index contributed by atoms with van der Waals surface area (Å²) in [6.45, 7) is 6.35. The van der Waals surface area contributed by atoms with Crippen LogP contribution in [0.15, 0.2) is 17.2 Å². The second-order valence-electron chi connectivity index (χ2n) is 8.18. The number of aryl methyl sites for hydroxylation is 3. The molecule has 0 aromatic carbocycles. The molecule has 33 heavy (non-hydrogen) atoms. The van der Waals surface area contributed by atoms with Gasteiger partial charge < -0.3 is 16.2 Å². The van der Waals surface area contributed by atoms with E-state index in [2.05, 4.69) is 20.8 Å². The predicted molar refractivity (Wildman–Crippen MR) is 125 cm³/mol. The molecule has 0 radical (unpaired) electrons. The van der Waals surface area contributed by atoms with Crippen LogP contribution in [0.3, 0.4) is 0 Å². The van der Waals surface area contributed by atoms with Gasteiger partial charge in [0, 0.05) is 37.8 Å². The average molecular weight is 476 g/mol. The van der Waals surface area contributed by atoms with Gasteiger partial charge in [-0.25, -0.2) is 10.4 Å². The molecule has 2 aromatic rings. The maximum Gasteiger partial charge on any atom is 0.264 e. The van der Waals surface area contributed by atoms with Crippen LogP contribution in [0.5, 0.6) is 0 Å². The number of carbonyl (C=O) groups is 2. The van der Waals surface area contributed by atoms with Crippen molar-refractivity contribution >= 4 is 29.2 Å². The number of anilines is 1. The molecule has 0 unspecified atom stereocenters. The standard InChI is InChI=1S/C22H30ClN7O3/c1-12-5-6-30(26-10-17-14(3)28-29(4)21(17)23)22(33)15(12)8-20(32)25-9-16-13(2)7-19(24)27-18(16)11-31/h7,26,31H,5-6,8-11H2,1-4H3,(H2,24,27)(H,25,32). The van der Waals surface area contributed by atoms with Gasteiger partial charge in [0.2, 0.25) is 5.91 Å². The van der Waals surface area contributed by atoms with Crippen molar-refractivity contribution in [3.05, 3.63) is 50.4 Å². The number of aliphatic hydroxyl groups excluding tert-OH is 1. The molecule has 1 aliphatic heterocycles. The maximum absolute atomic E-state index is 13.0. The Kier molecular flexibility index (Phi) is 7.72. The zero-order valence-electron chi connectivity index (χ0n) is 19.3. The second kappa shape index (κ2) is 10.3. The minimum absolute atomic E-state index is 0.0363. The molecule has 0 bridgehead atoms. The molecule has 10 nitrogen and oxygen atoms in total. The van der Waals surface area contributed by atoms with Crippen LogP contribution in [0.2, 0.25) is 5.15 Å². The van der Waals surface area contributed by atoms with Crippen molar-refractivity contribution in [2.75, 3.05) is 12.3 Å². The first-order valence-corrected chi connectivity index (χ1v) is 11.0. The predicted octanol–water partition coefficient (Wildman–Crippen LogP) is 1.42. The Morgan fingerprint density at radius 2 is 2.00 bits per heavy atom. The van der Waals surface area contributed by atoms with Crippen molar-refractivity contribution in [1.82, 2.24) is 30.5 Å². The molecule has 0 atom stereocenters. The third kappa shape index (κ3) is 5.52. The lowest BCUT2D eigenvalue weighted by molar-refractivity contribution is -0.132. The first-order valence-electron chi connectivity index (χ1n) is 10.7. The van der Waals surface area contributed by atoms with Gasteiger partial charge in [-0.3, -0.25) is 19.3 Å². The van der Waals surface area contributed by atoms with Gasteiger partial charge in [0.15, 0.2) is 0 Å². The highest BCUT2D eigenvalue weighted by Gasteiger charge is 2.27. The number of nitrogens with one attached hydrogen (secondary N) is 2. The smallest absolute Gasteiger partial charge is 0.264 e. The van der Waals surface area contributed by atoms with E-state index in [1.165, 1.54) is 5.01 Å². The van der Waals surface area contributed by atoms with Gasteiger partial charge >= 0.3 is 0 Å². The third-order valence-electron chi connectivity index (χ3n) is 5.85. The fraction of sp³-hybridized carbons (Fsp3) is 0.455. The lowest BCUT2D eigenvalue weighted by atomic mass is 9.98. The number of hydrazine groups is 1. The number of halogens is 1. The molecule has 3 heterocycles. The van der Waals surface area contributed by atoms with E-state index in [0.29, 0.717) is 47.3 Å². The Hall–Kier alpha value is -2.95. The number of hydrogen-bond donors (Lipinski definition) is 4. The number of carbonyl (C=O) groups excluding carboxylic acids is 2. The van der Waals surface area contributed by atoms with Crippen LogP contribution in [0, 0.1) is 13.8 Å². The largest absolute Gasteiger partial charge is 0.390 e. The van der Waals surface area contributed by atoms with Crippen LogP contribution >= 0.6 is 11.6 Å². The molecule has 0 spiro atoms. The first kappa shape index (κ1) is 24.7. The van der Waals surface area contributed by atoms with Crippen molar-refractivity contribution in [1.29, 1.82) is 0 Å². The fourth-order valence-electron chi connectivity index (χ4n) is 3.88. The van der Waals surface area contributed by atoms with Crippen LogP contribution in [-0.2, 0) is 36.3 Å². The zero-order valence-corrected chi connectivity index (χ0v) is 20.1. The summed E-state index contributed by atoms with van der Waals surface area (Å²) in [5, 5.41) is 18.7. The van der Waals surface area contributed by atoms with Gasteiger partial charge in [-0.2, -0.15) is 5.10 Å². The van der Waals surface area contributed by atoms with E-state index >= 15 is 0 Å². The summed E-state index contributed by atoms with van der Waals surface area (Å²) in [4.78, 5) is 29.8. The van der Waals surface area contributed by atoms with Gasteiger partial charge in [-0.05, 0) is 44.4 Å². The molecule has 0 saturated heterocycles. The number of rotatable bonds is 8. The highest BCUT2D eigenvalue weighted by molar-refractivity contribution is 6.30. The highest BCUT2D eigenvalue weighted by atomic mass is 35.5. The van der Waals surface area contributed by atoms with Crippen molar-refractivity contribution in [3.8, 4) is 0 Å². The Bertz CT molecular complexity index is 1110. The summed E-state index contributed by atoms with van der Waals surface area (Å²) in [5.41, 5.74) is 13.8. The zero-order chi connectivity index (χ0) is 24.3. The molecule has 2 aromatic heterocycles. The normalized spacial score (nSPS) is 14.2. The summed E-state index contributed by atoms with van der Waals surface area (Å²) in [7, 11) is 1.76. The van der Waals surface area contributed by atoms with Crippen LogP contribution in [0.25, 0.3) is 0 Å². The number of nitrogen functional groups attached to an aromatic ring is 1. The fourth-order valence-corrected chi connectivity index (χ4v) is 4.12. The van der Waals surface area contributed by atoms with E-state index in [1.54, 1.807) is 17.8 Å². The lowest BCUT2D eigenvalue weighted by Gasteiger charge is -2.30. The molecule has 0 aliphatic carbocycles. The van der Waals surface area contributed by atoms with Crippen LogP contribution in [0.1, 0.15) is 47.8 Å². The minimum Gasteiger partial charge on any atom is -0.390 e. The van der Waals surface area contributed by atoms with Crippen molar-refractivity contribution in [3.63, 3.8) is 0 Å². The van der Waals surface area contributed by atoms with Crippen LogP contribution in [0.4, 0.5) is 5.82 Å². The number of amides is 2. The van der Waals surface area contributed by atoms with E-state index in [1.807, 2.05) is 20.8 Å². The molecular weight excluding hydrogens is 446 g/mol. The number of pyridine rings is 1. The summed E-state index contributed by atoms with van der Waals surface area (Å²) in [6, 6.07) is 1.69. The second-order valence-corrected chi connectivity index (χ2v) is 8.54. The van der Waals surface area contributed by atoms with Gasteiger partial charge in [-0.15, -0.1) is 0 Å². The van der Waals surface area contributed by atoms with E-state index < -0.39 is 0 Å². The lowest BCUT2D eigenvalue weighted by Crippen LogP contribution is -2.47. The molecule has 0 fully saturated rings. The van der Waals surface area contributed by atoms with E-state index in [9.17, 15) is 14.7 Å². The van der Waals surface area contributed by atoms with E-state index in [-0.39, 0.29) is 31.4 Å². The molecule has 2 amide bonds. The monoisotopic (exact) mass is 475 g/mol. The van der Waals surface area contributed by atoms with E-state index in [0.717, 1.165) is 22.4 Å². The summed E-state index contributed by atoms with van der Waals surface area (Å²) >= 11 is 6.28. The van der Waals surface area contributed by atoms with Gasteiger partial charge in [-0.1, -0.05) is 17.2 Å². The van der Waals surface area contributed by atoms with Crippen molar-refractivity contribution in [2.45, 2.75) is 53.3 Å². The topological polar surface area (TPSA) is 138 Å². The van der Waals surface area contributed by atoms with Gasteiger partial charge in [0.25, 0.3) is 5.91 Å². The highest BCUT2D eigenvalue weighted by Crippen LogP contribution is 2.23. The number of nitrogens with two attached hydrogens (primary N) is 1. The minimum atomic E-state index is -0.286. The van der Waals surface area contributed by atoms with Gasteiger partial charge in [0.05, 0.1) is 24.4 Å². The molecular formula is C22H30ClN7O3.